The van der Waals surface area contributed by atoms with Gasteiger partial charge < -0.3 is 0 Å². The molecule has 0 saturated carbocycles. The van der Waals surface area contributed by atoms with Crippen LogP contribution >= 0.6 is 0 Å². The fourth-order valence-corrected chi connectivity index (χ4v) is 1.62. The van der Waals surface area contributed by atoms with E-state index < -0.39 is 0 Å². The van der Waals surface area contributed by atoms with E-state index in [1.54, 1.807) is 6.08 Å². The van der Waals surface area contributed by atoms with E-state index in [4.69, 9.17) is 0 Å². The predicted molar refractivity (Wildman–Crippen MR) is 69.2 cm³/mol. The molecule has 0 atom stereocenters. The molecule has 0 radical (unpaired) electrons. The second kappa shape index (κ2) is 5.94. The summed E-state index contributed by atoms with van der Waals surface area (Å²) in [6, 6.07) is 0. The van der Waals surface area contributed by atoms with Crippen molar-refractivity contribution in [3.8, 4) is 0 Å². The summed E-state index contributed by atoms with van der Waals surface area (Å²) < 4.78 is 0. The third kappa shape index (κ3) is 3.52. The van der Waals surface area contributed by atoms with E-state index in [-0.39, 0.29) is 0 Å². The standard InChI is InChI=1S/C13H16N4/c1-2-7-12-15-13(17-16-12)10-11-8-5-3-4-6-9-14-11/h2-6H,1,7-10H2,(H,15,16,17)/b5-3-,6-4-,14-11?. The van der Waals surface area contributed by atoms with Crippen LogP contribution in [-0.4, -0.2) is 27.4 Å². The molecular weight excluding hydrogens is 212 g/mol. The van der Waals surface area contributed by atoms with Crippen LogP contribution in [0.5, 0.6) is 0 Å². The quantitative estimate of drug-likeness (QED) is 0.802. The highest BCUT2D eigenvalue weighted by Crippen LogP contribution is 2.02. The summed E-state index contributed by atoms with van der Waals surface area (Å²) in [5.41, 5.74) is 1.13. The highest BCUT2D eigenvalue weighted by atomic mass is 15.2. The monoisotopic (exact) mass is 228 g/mol. The van der Waals surface area contributed by atoms with Crippen molar-refractivity contribution < 1.29 is 0 Å². The number of rotatable bonds is 4. The van der Waals surface area contributed by atoms with Crippen molar-refractivity contribution in [2.45, 2.75) is 19.3 Å². The molecule has 1 aromatic rings. The number of aromatic amines is 1. The lowest BCUT2D eigenvalue weighted by Gasteiger charge is -2.02. The molecule has 0 fully saturated rings. The van der Waals surface area contributed by atoms with E-state index in [1.807, 2.05) is 12.2 Å². The van der Waals surface area contributed by atoms with Crippen LogP contribution in [0.1, 0.15) is 18.1 Å². The largest absolute Gasteiger partial charge is 0.289 e. The number of hydrogen-bond donors (Lipinski definition) is 1. The van der Waals surface area contributed by atoms with Gasteiger partial charge in [-0.2, -0.15) is 5.10 Å². The number of hydrogen-bond acceptors (Lipinski definition) is 3. The second-order valence-electron chi connectivity index (χ2n) is 3.84. The van der Waals surface area contributed by atoms with Crippen molar-refractivity contribution in [2.24, 2.45) is 4.99 Å². The zero-order valence-electron chi connectivity index (χ0n) is 9.76. The van der Waals surface area contributed by atoms with Gasteiger partial charge in [-0.3, -0.25) is 10.1 Å². The van der Waals surface area contributed by atoms with Gasteiger partial charge in [-0.25, -0.2) is 4.98 Å². The molecule has 2 heterocycles. The Balaban J connectivity index is 2.01. The first kappa shape index (κ1) is 11.5. The zero-order chi connectivity index (χ0) is 11.9. The Morgan fingerprint density at radius 1 is 1.35 bits per heavy atom. The maximum atomic E-state index is 4.50. The number of nitrogens with one attached hydrogen (secondary N) is 1. The van der Waals surface area contributed by atoms with Crippen LogP contribution in [0, 0.1) is 0 Å². The van der Waals surface area contributed by atoms with Gasteiger partial charge in [0.05, 0.1) is 6.54 Å². The minimum Gasteiger partial charge on any atom is -0.289 e. The van der Waals surface area contributed by atoms with Gasteiger partial charge in [0.2, 0.25) is 0 Å². The second-order valence-corrected chi connectivity index (χ2v) is 3.84. The summed E-state index contributed by atoms with van der Waals surface area (Å²) in [6.07, 6.45) is 12.3. The summed E-state index contributed by atoms with van der Waals surface area (Å²) in [5.74, 6) is 1.66. The van der Waals surface area contributed by atoms with Gasteiger partial charge in [-0.05, 0) is 0 Å². The minimum absolute atomic E-state index is 0.700. The Labute approximate surface area is 101 Å². The zero-order valence-corrected chi connectivity index (χ0v) is 9.76. The maximum absolute atomic E-state index is 4.50. The van der Waals surface area contributed by atoms with E-state index in [2.05, 4.69) is 38.9 Å². The van der Waals surface area contributed by atoms with Crippen molar-refractivity contribution in [3.05, 3.63) is 48.6 Å². The number of H-pyrrole nitrogens is 1. The molecule has 2 rings (SSSR count). The predicted octanol–water partition coefficient (Wildman–Crippen LogP) is 2.03. The Morgan fingerprint density at radius 2 is 2.24 bits per heavy atom. The number of allylic oxidation sites excluding steroid dienone is 4. The molecule has 17 heavy (non-hydrogen) atoms. The lowest BCUT2D eigenvalue weighted by Crippen LogP contribution is -2.05. The lowest BCUT2D eigenvalue weighted by molar-refractivity contribution is 0.975. The van der Waals surface area contributed by atoms with Gasteiger partial charge in [0.15, 0.2) is 5.82 Å². The molecule has 1 N–H and O–H groups in total. The van der Waals surface area contributed by atoms with Gasteiger partial charge >= 0.3 is 0 Å². The van der Waals surface area contributed by atoms with E-state index >= 15 is 0 Å². The summed E-state index contributed by atoms with van der Waals surface area (Å²) in [5, 5.41) is 7.06. The summed E-state index contributed by atoms with van der Waals surface area (Å²) >= 11 is 0. The number of nitrogens with zero attached hydrogens (tertiary/aromatic N) is 3. The summed E-state index contributed by atoms with van der Waals surface area (Å²) in [7, 11) is 0. The lowest BCUT2D eigenvalue weighted by atomic mass is 10.1. The molecule has 0 aliphatic carbocycles. The van der Waals surface area contributed by atoms with Crippen LogP contribution in [0.25, 0.3) is 0 Å². The van der Waals surface area contributed by atoms with Crippen LogP contribution in [-0.2, 0) is 12.8 Å². The number of aromatic nitrogens is 3. The molecule has 0 saturated heterocycles. The van der Waals surface area contributed by atoms with Gasteiger partial charge in [-0.1, -0.05) is 30.4 Å². The van der Waals surface area contributed by atoms with E-state index in [0.717, 1.165) is 36.7 Å². The van der Waals surface area contributed by atoms with Crippen LogP contribution < -0.4 is 0 Å². The average Bonchev–Trinajstić information content (AvgIpc) is 2.70. The summed E-state index contributed by atoms with van der Waals surface area (Å²) in [4.78, 5) is 8.89. The van der Waals surface area contributed by atoms with E-state index in [1.165, 1.54) is 0 Å². The topological polar surface area (TPSA) is 53.9 Å². The van der Waals surface area contributed by atoms with Crippen molar-refractivity contribution in [1.82, 2.24) is 15.2 Å². The molecule has 1 aliphatic rings. The Morgan fingerprint density at radius 3 is 3.12 bits per heavy atom. The molecule has 0 unspecified atom stereocenters. The van der Waals surface area contributed by atoms with E-state index in [0.29, 0.717) is 6.42 Å². The molecule has 1 aliphatic heterocycles. The van der Waals surface area contributed by atoms with Crippen molar-refractivity contribution in [2.75, 3.05) is 6.54 Å². The Hall–Kier alpha value is -1.97. The molecule has 0 spiro atoms. The first-order chi connectivity index (χ1) is 8.38. The van der Waals surface area contributed by atoms with Crippen molar-refractivity contribution in [1.29, 1.82) is 0 Å². The van der Waals surface area contributed by atoms with Crippen LogP contribution in [0.4, 0.5) is 0 Å². The molecule has 0 aromatic carbocycles. The van der Waals surface area contributed by atoms with E-state index in [9.17, 15) is 0 Å². The fraction of sp³-hybridized carbons (Fsp3) is 0.308. The smallest absolute Gasteiger partial charge is 0.154 e. The van der Waals surface area contributed by atoms with Gasteiger partial charge in [0.25, 0.3) is 0 Å². The third-order valence-electron chi connectivity index (χ3n) is 2.43. The molecule has 0 bridgehead atoms. The molecule has 0 amide bonds. The van der Waals surface area contributed by atoms with Crippen molar-refractivity contribution in [3.63, 3.8) is 0 Å². The SMILES string of the molecule is C=CCc1n[nH]c(CC2=NC/C=C\C=C/C2)n1. The molecule has 1 aromatic heterocycles. The third-order valence-corrected chi connectivity index (χ3v) is 2.43. The molecule has 4 heteroatoms. The van der Waals surface area contributed by atoms with Crippen LogP contribution in [0.15, 0.2) is 42.0 Å². The minimum atomic E-state index is 0.700. The van der Waals surface area contributed by atoms with Gasteiger partial charge in [0, 0.05) is 25.0 Å². The molecule has 88 valence electrons. The first-order valence-electron chi connectivity index (χ1n) is 5.73. The maximum Gasteiger partial charge on any atom is 0.154 e. The fourth-order valence-electron chi connectivity index (χ4n) is 1.62. The molecular formula is C13H16N4. The van der Waals surface area contributed by atoms with Crippen molar-refractivity contribution >= 4 is 5.71 Å². The molecule has 4 nitrogen and oxygen atoms in total. The normalized spacial score (nSPS) is 18.9. The Bertz CT molecular complexity index is 466. The van der Waals surface area contributed by atoms with Gasteiger partial charge in [-0.15, -0.1) is 6.58 Å². The van der Waals surface area contributed by atoms with Crippen LogP contribution in [0.2, 0.25) is 0 Å². The average molecular weight is 228 g/mol. The first-order valence-corrected chi connectivity index (χ1v) is 5.73. The highest BCUT2D eigenvalue weighted by molar-refractivity contribution is 5.87. The number of aliphatic imine (C=N–C) groups is 1. The van der Waals surface area contributed by atoms with Gasteiger partial charge in [0.1, 0.15) is 5.82 Å². The highest BCUT2D eigenvalue weighted by Gasteiger charge is 2.05. The van der Waals surface area contributed by atoms with Crippen LogP contribution in [0.3, 0.4) is 0 Å². The summed E-state index contributed by atoms with van der Waals surface area (Å²) in [6.45, 7) is 4.41. The Kier molecular flexibility index (Phi) is 4.02.